The Morgan fingerprint density at radius 2 is 1.89 bits per heavy atom. The summed E-state index contributed by atoms with van der Waals surface area (Å²) in [4.78, 5) is 29.1. The number of nitrogens with one attached hydrogen (secondary N) is 1. The first-order valence-electron chi connectivity index (χ1n) is 10.4. The van der Waals surface area contributed by atoms with Gasteiger partial charge in [-0.2, -0.15) is 0 Å². The molecule has 1 aliphatic carbocycles. The van der Waals surface area contributed by atoms with Gasteiger partial charge in [0.2, 0.25) is 5.91 Å². The highest BCUT2D eigenvalue weighted by Crippen LogP contribution is 2.34. The maximum Gasteiger partial charge on any atom is 0.267 e. The molecule has 1 N–H and O–H groups in total. The first kappa shape index (κ1) is 20.6. The molecule has 6 nitrogen and oxygen atoms in total. The lowest BCUT2D eigenvalue weighted by atomic mass is 9.88. The zero-order chi connectivity index (χ0) is 20.1. The molecule has 0 aromatic heterocycles. The molecule has 1 saturated carbocycles. The summed E-state index contributed by atoms with van der Waals surface area (Å²) >= 11 is 0. The van der Waals surface area contributed by atoms with Crippen molar-refractivity contribution in [3.05, 3.63) is 24.3 Å². The fourth-order valence-electron chi connectivity index (χ4n) is 4.32. The van der Waals surface area contributed by atoms with Crippen molar-refractivity contribution in [1.29, 1.82) is 0 Å². The molecule has 0 bridgehead atoms. The predicted molar refractivity (Wildman–Crippen MR) is 111 cm³/mol. The van der Waals surface area contributed by atoms with Crippen LogP contribution in [0.25, 0.3) is 0 Å². The summed E-state index contributed by atoms with van der Waals surface area (Å²) in [6, 6.07) is 7.49. The molecule has 1 unspecified atom stereocenters. The molecule has 1 aromatic rings. The molecule has 2 amide bonds. The van der Waals surface area contributed by atoms with Gasteiger partial charge in [-0.25, -0.2) is 0 Å². The predicted octanol–water partition coefficient (Wildman–Crippen LogP) is 2.96. The van der Waals surface area contributed by atoms with Gasteiger partial charge in [0, 0.05) is 25.0 Å². The molecule has 28 heavy (non-hydrogen) atoms. The van der Waals surface area contributed by atoms with E-state index in [-0.39, 0.29) is 23.8 Å². The van der Waals surface area contributed by atoms with Crippen LogP contribution in [-0.2, 0) is 9.59 Å². The van der Waals surface area contributed by atoms with Gasteiger partial charge in [0.05, 0.1) is 5.69 Å². The summed E-state index contributed by atoms with van der Waals surface area (Å²) < 4.78 is 5.66. The highest BCUT2D eigenvalue weighted by Gasteiger charge is 2.34. The molecule has 0 saturated heterocycles. The fourth-order valence-corrected chi connectivity index (χ4v) is 4.32. The van der Waals surface area contributed by atoms with Crippen LogP contribution < -0.4 is 15.0 Å². The number of para-hydroxylation sites is 2. The van der Waals surface area contributed by atoms with Crippen LogP contribution in [0.2, 0.25) is 0 Å². The van der Waals surface area contributed by atoms with Gasteiger partial charge in [-0.1, -0.05) is 37.8 Å². The summed E-state index contributed by atoms with van der Waals surface area (Å²) in [6.45, 7) is 2.78. The maximum atomic E-state index is 12.6. The smallest absolute Gasteiger partial charge is 0.267 e. The first-order chi connectivity index (χ1) is 13.4. The molecule has 0 radical (unpaired) electrons. The Labute approximate surface area is 168 Å². The number of ether oxygens (including phenoxy) is 1. The van der Waals surface area contributed by atoms with Crippen molar-refractivity contribution >= 4 is 17.5 Å². The van der Waals surface area contributed by atoms with Crippen molar-refractivity contribution in [2.75, 3.05) is 32.1 Å². The number of amides is 2. The third-order valence-corrected chi connectivity index (χ3v) is 6.23. The average molecular weight is 388 g/mol. The maximum absolute atomic E-state index is 12.6. The minimum atomic E-state index is -0.527. The molecule has 1 aliphatic heterocycles. The van der Waals surface area contributed by atoms with E-state index in [0.29, 0.717) is 18.8 Å². The van der Waals surface area contributed by atoms with Crippen LogP contribution in [0.3, 0.4) is 0 Å². The van der Waals surface area contributed by atoms with Crippen LogP contribution >= 0.6 is 0 Å². The van der Waals surface area contributed by atoms with Crippen molar-refractivity contribution in [3.8, 4) is 5.75 Å². The lowest BCUT2D eigenvalue weighted by molar-refractivity contribution is -0.125. The van der Waals surface area contributed by atoms with Crippen molar-refractivity contribution in [3.63, 3.8) is 0 Å². The molecule has 1 heterocycles. The van der Waals surface area contributed by atoms with E-state index < -0.39 is 6.10 Å². The van der Waals surface area contributed by atoms with Gasteiger partial charge in [0.15, 0.2) is 6.10 Å². The summed E-state index contributed by atoms with van der Waals surface area (Å²) in [5.41, 5.74) is 0.786. The third-order valence-electron chi connectivity index (χ3n) is 6.23. The van der Waals surface area contributed by atoms with E-state index in [9.17, 15) is 9.59 Å². The summed E-state index contributed by atoms with van der Waals surface area (Å²) in [5.74, 6) is 0.593. The molecule has 1 atom stereocenters. The number of likely N-dealkylation sites (N-methyl/N-ethyl adjacent to an activating group) is 1. The van der Waals surface area contributed by atoms with Gasteiger partial charge in [-0.05, 0) is 46.0 Å². The molecule has 2 aliphatic rings. The second-order valence-electron chi connectivity index (χ2n) is 8.28. The lowest BCUT2D eigenvalue weighted by Gasteiger charge is -2.40. The number of nitrogens with zero attached hydrogens (tertiary/aromatic N) is 2. The molecule has 154 valence electrons. The van der Waals surface area contributed by atoms with Crippen LogP contribution in [0.15, 0.2) is 24.3 Å². The van der Waals surface area contributed by atoms with Gasteiger partial charge in [-0.15, -0.1) is 0 Å². The number of hydrogen-bond donors (Lipinski definition) is 1. The van der Waals surface area contributed by atoms with Crippen LogP contribution in [-0.4, -0.2) is 55.5 Å². The van der Waals surface area contributed by atoms with E-state index in [1.54, 1.807) is 11.8 Å². The standard InChI is InChI=1S/C22H33N3O3/c1-17-21(27)25(18-10-6-7-11-19(18)28-17)15-12-20(26)23-16-22(24(2)3)13-8-4-5-9-14-22/h6-7,10-11,17H,4-5,8-9,12-16H2,1-3H3,(H,23,26). The number of fused-ring (bicyclic) bond motifs is 1. The fraction of sp³-hybridized carbons (Fsp3) is 0.636. The number of benzene rings is 1. The highest BCUT2D eigenvalue weighted by molar-refractivity contribution is 6.00. The van der Waals surface area contributed by atoms with Crippen molar-refractivity contribution in [1.82, 2.24) is 10.2 Å². The van der Waals surface area contributed by atoms with Crippen molar-refractivity contribution < 1.29 is 14.3 Å². The number of carbonyl (C=O) groups is 2. The van der Waals surface area contributed by atoms with Gasteiger partial charge < -0.3 is 19.9 Å². The Kier molecular flexibility index (Phi) is 6.60. The van der Waals surface area contributed by atoms with E-state index in [2.05, 4.69) is 24.3 Å². The van der Waals surface area contributed by atoms with Gasteiger partial charge in [0.25, 0.3) is 5.91 Å². The molecule has 1 fully saturated rings. The van der Waals surface area contributed by atoms with Gasteiger partial charge >= 0.3 is 0 Å². The Balaban J connectivity index is 1.59. The summed E-state index contributed by atoms with van der Waals surface area (Å²) in [7, 11) is 4.23. The largest absolute Gasteiger partial charge is 0.479 e. The zero-order valence-corrected chi connectivity index (χ0v) is 17.4. The highest BCUT2D eigenvalue weighted by atomic mass is 16.5. The molecule has 6 heteroatoms. The lowest BCUT2D eigenvalue weighted by Crippen LogP contribution is -2.53. The van der Waals surface area contributed by atoms with Crippen LogP contribution in [0, 0.1) is 0 Å². The number of anilines is 1. The quantitative estimate of drug-likeness (QED) is 0.763. The summed E-state index contributed by atoms with van der Waals surface area (Å²) in [5, 5.41) is 3.14. The second kappa shape index (κ2) is 8.95. The normalized spacial score (nSPS) is 21.6. The minimum absolute atomic E-state index is 0.00472. The van der Waals surface area contributed by atoms with Crippen molar-refractivity contribution in [2.45, 2.75) is 63.5 Å². The average Bonchev–Trinajstić information content (AvgIpc) is 2.93. The van der Waals surface area contributed by atoms with Crippen LogP contribution in [0.4, 0.5) is 5.69 Å². The van der Waals surface area contributed by atoms with Gasteiger partial charge in [0.1, 0.15) is 5.75 Å². The first-order valence-corrected chi connectivity index (χ1v) is 10.4. The van der Waals surface area contributed by atoms with E-state index in [1.807, 2.05) is 24.3 Å². The topological polar surface area (TPSA) is 61.9 Å². The van der Waals surface area contributed by atoms with E-state index in [0.717, 1.165) is 18.5 Å². The number of hydrogen-bond acceptors (Lipinski definition) is 4. The molecular formula is C22H33N3O3. The van der Waals surface area contributed by atoms with Crippen LogP contribution in [0.5, 0.6) is 5.75 Å². The number of carbonyl (C=O) groups excluding carboxylic acids is 2. The molecular weight excluding hydrogens is 354 g/mol. The Hall–Kier alpha value is -2.08. The monoisotopic (exact) mass is 387 g/mol. The van der Waals surface area contributed by atoms with E-state index in [4.69, 9.17) is 4.74 Å². The second-order valence-corrected chi connectivity index (χ2v) is 8.28. The molecule has 3 rings (SSSR count). The van der Waals surface area contributed by atoms with E-state index >= 15 is 0 Å². The Morgan fingerprint density at radius 3 is 2.57 bits per heavy atom. The minimum Gasteiger partial charge on any atom is -0.479 e. The summed E-state index contributed by atoms with van der Waals surface area (Å²) in [6.07, 6.45) is 6.98. The molecule has 0 spiro atoms. The third kappa shape index (κ3) is 4.49. The zero-order valence-electron chi connectivity index (χ0n) is 17.4. The van der Waals surface area contributed by atoms with Crippen molar-refractivity contribution in [2.24, 2.45) is 0 Å². The number of rotatable bonds is 6. The van der Waals surface area contributed by atoms with Crippen LogP contribution in [0.1, 0.15) is 51.9 Å². The molecule has 1 aromatic carbocycles. The van der Waals surface area contributed by atoms with E-state index in [1.165, 1.54) is 25.7 Å². The SMILES string of the molecule is CC1Oc2ccccc2N(CCC(=O)NCC2(N(C)C)CCCCCC2)C1=O. The Morgan fingerprint density at radius 1 is 1.21 bits per heavy atom. The van der Waals surface area contributed by atoms with Gasteiger partial charge in [-0.3, -0.25) is 9.59 Å². The Bertz CT molecular complexity index is 696.